The van der Waals surface area contributed by atoms with E-state index in [2.05, 4.69) is 47.9 Å². The van der Waals surface area contributed by atoms with Gasteiger partial charge in [-0.25, -0.2) is 0 Å². The summed E-state index contributed by atoms with van der Waals surface area (Å²) in [5, 5.41) is 5.50. The van der Waals surface area contributed by atoms with E-state index in [4.69, 9.17) is 0 Å². The molecule has 0 aliphatic rings. The van der Waals surface area contributed by atoms with E-state index in [1.165, 1.54) is 22.2 Å². The molecule has 0 bridgehead atoms. The van der Waals surface area contributed by atoms with Gasteiger partial charge in [0.1, 0.15) is 0 Å². The zero-order chi connectivity index (χ0) is 16.0. The summed E-state index contributed by atoms with van der Waals surface area (Å²) >= 11 is 0. The maximum atomic E-state index is 4.21. The zero-order valence-corrected chi connectivity index (χ0v) is 14.3. The fourth-order valence-electron chi connectivity index (χ4n) is 2.22. The van der Waals surface area contributed by atoms with Gasteiger partial charge in [0.25, 0.3) is 0 Å². The molecule has 0 atom stereocenters. The molecule has 3 rings (SSSR count). The van der Waals surface area contributed by atoms with E-state index < -0.39 is 0 Å². The Bertz CT molecular complexity index is 690. The van der Waals surface area contributed by atoms with Crippen LogP contribution >= 0.6 is 0 Å². The van der Waals surface area contributed by atoms with Gasteiger partial charge < -0.3 is 4.57 Å². The first-order valence-electron chi connectivity index (χ1n) is 7.70. The zero-order valence-electron chi connectivity index (χ0n) is 14.3. The molecule has 2 heterocycles. The highest BCUT2D eigenvalue weighted by atomic mass is 15.2. The van der Waals surface area contributed by atoms with E-state index in [0.29, 0.717) is 0 Å². The number of aromatic nitrogens is 3. The lowest BCUT2D eigenvalue weighted by atomic mass is 10.1. The molecule has 2 aromatic heterocycles. The largest absolute Gasteiger partial charge is 0.348 e. The van der Waals surface area contributed by atoms with Crippen LogP contribution in [0.3, 0.4) is 0 Å². The van der Waals surface area contributed by atoms with Crippen LogP contribution in [0.15, 0.2) is 36.7 Å². The number of hydrogen-bond donors (Lipinski definition) is 0. The Balaban J connectivity index is 0.000000510. The predicted molar refractivity (Wildman–Crippen MR) is 92.6 cm³/mol. The quantitative estimate of drug-likeness (QED) is 0.621. The van der Waals surface area contributed by atoms with Crippen molar-refractivity contribution in [2.75, 3.05) is 0 Å². The lowest BCUT2D eigenvalue weighted by Crippen LogP contribution is -1.89. The molecule has 0 saturated heterocycles. The number of hydrogen-bond acceptors (Lipinski definition) is 1. The summed E-state index contributed by atoms with van der Waals surface area (Å²) in [5.74, 6) is 0. The van der Waals surface area contributed by atoms with Gasteiger partial charge in [0.15, 0.2) is 0 Å². The molecule has 0 saturated carbocycles. The second kappa shape index (κ2) is 7.67. The van der Waals surface area contributed by atoms with E-state index in [-0.39, 0.29) is 0 Å². The standard InChI is InChI=1S/C14H15N3.2C2H6/c1-10-6-12-5-4-11(7-14(12)17(10)3)13-8-15-16(2)9-13;2*1-2/h4-9H,1-3H3;2*1-2H3. The SMILES string of the molecule is CC.CC.Cc1cc2ccc(-c3cnn(C)c3)cc2n1C. The number of benzene rings is 1. The summed E-state index contributed by atoms with van der Waals surface area (Å²) < 4.78 is 4.05. The van der Waals surface area contributed by atoms with Crippen molar-refractivity contribution >= 4 is 10.9 Å². The van der Waals surface area contributed by atoms with Crippen LogP contribution in [0.25, 0.3) is 22.0 Å². The van der Waals surface area contributed by atoms with Crippen LogP contribution in [0.4, 0.5) is 0 Å². The van der Waals surface area contributed by atoms with Gasteiger partial charge in [-0.1, -0.05) is 39.8 Å². The average molecular weight is 285 g/mol. The Kier molecular flexibility index (Phi) is 6.22. The van der Waals surface area contributed by atoms with E-state index >= 15 is 0 Å². The summed E-state index contributed by atoms with van der Waals surface area (Å²) in [4.78, 5) is 0. The van der Waals surface area contributed by atoms with Gasteiger partial charge in [-0.2, -0.15) is 5.10 Å². The van der Waals surface area contributed by atoms with Crippen molar-refractivity contribution in [3.8, 4) is 11.1 Å². The fraction of sp³-hybridized carbons (Fsp3) is 0.389. The number of rotatable bonds is 1. The van der Waals surface area contributed by atoms with Crippen molar-refractivity contribution in [3.63, 3.8) is 0 Å². The summed E-state index contributed by atoms with van der Waals surface area (Å²) in [6.45, 7) is 10.1. The van der Waals surface area contributed by atoms with Crippen molar-refractivity contribution in [3.05, 3.63) is 42.4 Å². The summed E-state index contributed by atoms with van der Waals surface area (Å²) in [5.41, 5.74) is 4.92. The molecule has 0 fully saturated rings. The van der Waals surface area contributed by atoms with E-state index in [1.807, 2.05) is 51.8 Å². The van der Waals surface area contributed by atoms with E-state index in [0.717, 1.165) is 5.56 Å². The molecule has 21 heavy (non-hydrogen) atoms. The maximum Gasteiger partial charge on any atom is 0.0568 e. The third kappa shape index (κ3) is 3.54. The molecular formula is C18H27N3. The van der Waals surface area contributed by atoms with Crippen molar-refractivity contribution in [2.24, 2.45) is 14.1 Å². The molecule has 0 amide bonds. The van der Waals surface area contributed by atoms with E-state index in [9.17, 15) is 0 Å². The van der Waals surface area contributed by atoms with Crippen molar-refractivity contribution in [2.45, 2.75) is 34.6 Å². The number of aryl methyl sites for hydroxylation is 3. The minimum absolute atomic E-state index is 1.16. The smallest absolute Gasteiger partial charge is 0.0568 e. The maximum absolute atomic E-state index is 4.21. The second-order valence-corrected chi connectivity index (χ2v) is 4.52. The van der Waals surface area contributed by atoms with Crippen LogP contribution in [0.2, 0.25) is 0 Å². The van der Waals surface area contributed by atoms with Crippen LogP contribution in [0.5, 0.6) is 0 Å². The molecule has 3 aromatic rings. The first-order valence-corrected chi connectivity index (χ1v) is 7.70. The Hall–Kier alpha value is -2.03. The third-order valence-electron chi connectivity index (χ3n) is 3.32. The number of fused-ring (bicyclic) bond motifs is 1. The van der Waals surface area contributed by atoms with Gasteiger partial charge in [-0.15, -0.1) is 0 Å². The van der Waals surface area contributed by atoms with Crippen LogP contribution in [0, 0.1) is 6.92 Å². The molecule has 0 unspecified atom stereocenters. The molecule has 0 radical (unpaired) electrons. The van der Waals surface area contributed by atoms with Crippen molar-refractivity contribution in [1.82, 2.24) is 14.3 Å². The van der Waals surface area contributed by atoms with Gasteiger partial charge >= 0.3 is 0 Å². The monoisotopic (exact) mass is 285 g/mol. The molecule has 0 aliphatic heterocycles. The molecule has 3 nitrogen and oxygen atoms in total. The van der Waals surface area contributed by atoms with Gasteiger partial charge in [0.05, 0.1) is 6.20 Å². The first kappa shape index (κ1) is 17.0. The summed E-state index contributed by atoms with van der Waals surface area (Å²) in [6.07, 6.45) is 3.94. The van der Waals surface area contributed by atoms with Crippen LogP contribution in [-0.2, 0) is 14.1 Å². The molecule has 1 aromatic carbocycles. The predicted octanol–water partition coefficient (Wildman–Crippen LogP) is 4.94. The molecule has 3 heteroatoms. The topological polar surface area (TPSA) is 22.8 Å². The van der Waals surface area contributed by atoms with Gasteiger partial charge in [0, 0.05) is 37.1 Å². The normalized spacial score (nSPS) is 9.67. The van der Waals surface area contributed by atoms with E-state index in [1.54, 1.807) is 0 Å². The van der Waals surface area contributed by atoms with Gasteiger partial charge in [-0.3, -0.25) is 4.68 Å². The summed E-state index contributed by atoms with van der Waals surface area (Å²) in [7, 11) is 4.04. The van der Waals surface area contributed by atoms with Crippen molar-refractivity contribution < 1.29 is 0 Å². The highest BCUT2D eigenvalue weighted by Gasteiger charge is 2.05. The Morgan fingerprint density at radius 2 is 1.57 bits per heavy atom. The highest BCUT2D eigenvalue weighted by Crippen LogP contribution is 2.25. The van der Waals surface area contributed by atoms with Crippen LogP contribution in [0.1, 0.15) is 33.4 Å². The molecule has 0 aliphatic carbocycles. The molecular weight excluding hydrogens is 258 g/mol. The van der Waals surface area contributed by atoms with Gasteiger partial charge in [-0.05, 0) is 30.0 Å². The minimum Gasteiger partial charge on any atom is -0.348 e. The van der Waals surface area contributed by atoms with Crippen LogP contribution < -0.4 is 0 Å². The Morgan fingerprint density at radius 3 is 2.14 bits per heavy atom. The Labute approximate surface area is 128 Å². The molecule has 114 valence electrons. The molecule has 0 N–H and O–H groups in total. The highest BCUT2D eigenvalue weighted by molar-refractivity contribution is 5.86. The molecule has 0 spiro atoms. The average Bonchev–Trinajstić information content (AvgIpc) is 3.08. The lowest BCUT2D eigenvalue weighted by molar-refractivity contribution is 0.768. The lowest BCUT2D eigenvalue weighted by Gasteiger charge is -2.01. The van der Waals surface area contributed by atoms with Gasteiger partial charge in [0.2, 0.25) is 0 Å². The number of nitrogens with zero attached hydrogens (tertiary/aromatic N) is 3. The first-order chi connectivity index (χ1) is 10.1. The summed E-state index contributed by atoms with van der Waals surface area (Å²) in [6, 6.07) is 8.76. The Morgan fingerprint density at radius 1 is 0.905 bits per heavy atom. The van der Waals surface area contributed by atoms with Crippen molar-refractivity contribution in [1.29, 1.82) is 0 Å². The second-order valence-electron chi connectivity index (χ2n) is 4.52. The minimum atomic E-state index is 1.16. The fourth-order valence-corrected chi connectivity index (χ4v) is 2.22. The van der Waals surface area contributed by atoms with Crippen LogP contribution in [-0.4, -0.2) is 14.3 Å². The third-order valence-corrected chi connectivity index (χ3v) is 3.32.